The Hall–Kier alpha value is -2.44. The van der Waals surface area contributed by atoms with Gasteiger partial charge in [-0.15, -0.1) is 0 Å². The number of hydrogen-bond donors (Lipinski definition) is 0. The van der Waals surface area contributed by atoms with Crippen LogP contribution in [-0.4, -0.2) is 44.2 Å². The van der Waals surface area contributed by atoms with Crippen LogP contribution >= 0.6 is 0 Å². The zero-order valence-electron chi connectivity index (χ0n) is 17.6. The van der Waals surface area contributed by atoms with Crippen molar-refractivity contribution in [3.63, 3.8) is 0 Å². The number of hydrogen-bond acceptors (Lipinski definition) is 5. The van der Waals surface area contributed by atoms with Crippen molar-refractivity contribution in [2.45, 2.75) is 37.5 Å². The average molecular weight is 425 g/mol. The molecule has 4 rings (SSSR count). The smallest absolute Gasteiger partial charge is 0.226 e. The maximum atomic E-state index is 11.6. The summed E-state index contributed by atoms with van der Waals surface area (Å²) in [7, 11) is -3.18. The Labute approximate surface area is 178 Å². The molecule has 1 aliphatic heterocycles. The summed E-state index contributed by atoms with van der Waals surface area (Å²) < 4.78 is 29.2. The first-order chi connectivity index (χ1) is 14.4. The van der Waals surface area contributed by atoms with Crippen molar-refractivity contribution >= 4 is 9.84 Å². The largest absolute Gasteiger partial charge is 0.441 e. The number of likely N-dealkylation sites (tertiary alicyclic amines) is 1. The van der Waals surface area contributed by atoms with Crippen LogP contribution in [0.3, 0.4) is 0 Å². The van der Waals surface area contributed by atoms with E-state index in [1.54, 1.807) is 12.1 Å². The molecule has 0 bridgehead atoms. The molecule has 1 aromatic heterocycles. The van der Waals surface area contributed by atoms with E-state index in [4.69, 9.17) is 9.40 Å². The molecule has 1 fully saturated rings. The highest BCUT2D eigenvalue weighted by Gasteiger charge is 2.15. The molecule has 2 heterocycles. The summed E-state index contributed by atoms with van der Waals surface area (Å²) in [6, 6.07) is 15.0. The van der Waals surface area contributed by atoms with Crippen molar-refractivity contribution < 1.29 is 12.8 Å². The number of nitrogens with zero attached hydrogens (tertiary/aromatic N) is 2. The molecule has 0 atom stereocenters. The third kappa shape index (κ3) is 4.82. The Morgan fingerprint density at radius 1 is 0.900 bits per heavy atom. The first kappa shape index (κ1) is 20.8. The molecule has 0 aliphatic carbocycles. The van der Waals surface area contributed by atoms with Crippen molar-refractivity contribution in [2.24, 2.45) is 0 Å². The number of oxazole rings is 1. The monoisotopic (exact) mass is 424 g/mol. The normalized spacial score (nSPS) is 15.4. The summed E-state index contributed by atoms with van der Waals surface area (Å²) in [4.78, 5) is 7.59. The molecule has 30 heavy (non-hydrogen) atoms. The van der Waals surface area contributed by atoms with Gasteiger partial charge in [0.25, 0.3) is 0 Å². The van der Waals surface area contributed by atoms with Gasteiger partial charge in [-0.2, -0.15) is 0 Å². The van der Waals surface area contributed by atoms with Gasteiger partial charge in [0.1, 0.15) is 5.76 Å². The van der Waals surface area contributed by atoms with Gasteiger partial charge >= 0.3 is 0 Å². The predicted molar refractivity (Wildman–Crippen MR) is 119 cm³/mol. The number of aromatic nitrogens is 1. The van der Waals surface area contributed by atoms with Crippen LogP contribution < -0.4 is 0 Å². The second-order valence-electron chi connectivity index (χ2n) is 8.05. The van der Waals surface area contributed by atoms with Crippen LogP contribution in [-0.2, 0) is 16.3 Å². The van der Waals surface area contributed by atoms with Crippen molar-refractivity contribution in [1.29, 1.82) is 0 Å². The number of rotatable bonds is 6. The number of sulfone groups is 1. The van der Waals surface area contributed by atoms with Gasteiger partial charge < -0.3 is 9.32 Å². The Morgan fingerprint density at radius 2 is 1.47 bits per heavy atom. The molecular formula is C24H28N2O3S. The van der Waals surface area contributed by atoms with E-state index in [-0.39, 0.29) is 0 Å². The maximum Gasteiger partial charge on any atom is 0.226 e. The first-order valence-corrected chi connectivity index (χ1v) is 12.4. The minimum Gasteiger partial charge on any atom is -0.441 e. The first-order valence-electron chi connectivity index (χ1n) is 10.5. The van der Waals surface area contributed by atoms with Gasteiger partial charge in [0.2, 0.25) is 5.89 Å². The van der Waals surface area contributed by atoms with Crippen LogP contribution in [0, 0.1) is 6.92 Å². The molecule has 0 N–H and O–H groups in total. The minimum absolute atomic E-state index is 0.329. The van der Waals surface area contributed by atoms with Crippen LogP contribution in [0.5, 0.6) is 0 Å². The fourth-order valence-electron chi connectivity index (χ4n) is 3.93. The molecule has 1 saturated heterocycles. The van der Waals surface area contributed by atoms with E-state index in [2.05, 4.69) is 4.90 Å². The lowest BCUT2D eigenvalue weighted by Crippen LogP contribution is -2.31. The molecular weight excluding hydrogens is 396 g/mol. The number of piperidine rings is 1. The summed E-state index contributed by atoms with van der Waals surface area (Å²) in [5, 5.41) is 0. The second kappa shape index (κ2) is 8.74. The van der Waals surface area contributed by atoms with Crippen molar-refractivity contribution in [2.75, 3.05) is 25.9 Å². The lowest BCUT2D eigenvalue weighted by atomic mass is 10.0. The molecule has 3 aromatic rings. The predicted octanol–water partition coefficient (Wildman–Crippen LogP) is 4.75. The Kier molecular flexibility index (Phi) is 6.06. The lowest BCUT2D eigenvalue weighted by molar-refractivity contribution is 0.230. The molecule has 5 nitrogen and oxygen atoms in total. The zero-order valence-corrected chi connectivity index (χ0v) is 18.4. The third-order valence-electron chi connectivity index (χ3n) is 5.75. The quantitative estimate of drug-likeness (QED) is 0.571. The lowest BCUT2D eigenvalue weighted by Gasteiger charge is -2.25. The van der Waals surface area contributed by atoms with E-state index >= 15 is 0 Å². The van der Waals surface area contributed by atoms with E-state index in [9.17, 15) is 8.42 Å². The molecule has 1 aliphatic rings. The third-order valence-corrected chi connectivity index (χ3v) is 6.88. The van der Waals surface area contributed by atoms with Crippen LogP contribution in [0.25, 0.3) is 22.6 Å². The minimum atomic E-state index is -3.18. The highest BCUT2D eigenvalue weighted by Crippen LogP contribution is 2.27. The Balaban J connectivity index is 1.46. The van der Waals surface area contributed by atoms with Gasteiger partial charge in [-0.1, -0.05) is 30.7 Å². The molecule has 158 valence electrons. The summed E-state index contributed by atoms with van der Waals surface area (Å²) in [6.45, 7) is 5.40. The van der Waals surface area contributed by atoms with Crippen LogP contribution in [0.4, 0.5) is 0 Å². The van der Waals surface area contributed by atoms with E-state index in [0.717, 1.165) is 41.1 Å². The average Bonchev–Trinajstić information content (AvgIpc) is 3.13. The second-order valence-corrected chi connectivity index (χ2v) is 10.1. The van der Waals surface area contributed by atoms with E-state index in [1.165, 1.54) is 38.6 Å². The standard InChI is InChI=1S/C24H28N2O3S/c1-18-23(14-17-26-15-4-3-5-16-26)25-24(29-18)21-8-6-19(7-9-21)20-10-12-22(13-11-20)30(2,27)28/h6-13H,3-5,14-17H2,1-2H3. The van der Waals surface area contributed by atoms with E-state index in [1.807, 2.05) is 43.3 Å². The van der Waals surface area contributed by atoms with Crippen LogP contribution in [0.15, 0.2) is 57.8 Å². The number of benzene rings is 2. The fraction of sp³-hybridized carbons (Fsp3) is 0.375. The SMILES string of the molecule is Cc1oc(-c2ccc(-c3ccc(S(C)(=O)=O)cc3)cc2)nc1CCN1CCCCC1. The summed E-state index contributed by atoms with van der Waals surface area (Å²) in [6.07, 6.45) is 6.08. The highest BCUT2D eigenvalue weighted by molar-refractivity contribution is 7.90. The molecule has 0 spiro atoms. The van der Waals surface area contributed by atoms with Gasteiger partial charge in [-0.25, -0.2) is 13.4 Å². The van der Waals surface area contributed by atoms with Crippen LogP contribution in [0.2, 0.25) is 0 Å². The molecule has 0 saturated carbocycles. The molecule has 0 unspecified atom stereocenters. The van der Waals surface area contributed by atoms with Gasteiger partial charge in [-0.05, 0) is 68.2 Å². The summed E-state index contributed by atoms with van der Waals surface area (Å²) in [5.41, 5.74) is 3.97. The van der Waals surface area contributed by atoms with E-state index < -0.39 is 9.84 Å². The number of aryl methyl sites for hydroxylation is 1. The Morgan fingerprint density at radius 3 is 2.07 bits per heavy atom. The summed E-state index contributed by atoms with van der Waals surface area (Å²) >= 11 is 0. The van der Waals surface area contributed by atoms with Gasteiger partial charge in [0, 0.05) is 24.8 Å². The Bertz CT molecular complexity index is 1090. The zero-order chi connectivity index (χ0) is 21.1. The van der Waals surface area contributed by atoms with Crippen LogP contribution in [0.1, 0.15) is 30.7 Å². The van der Waals surface area contributed by atoms with Crippen molar-refractivity contribution in [3.8, 4) is 22.6 Å². The fourth-order valence-corrected chi connectivity index (χ4v) is 4.56. The molecule has 0 radical (unpaired) electrons. The van der Waals surface area contributed by atoms with Crippen molar-refractivity contribution in [1.82, 2.24) is 9.88 Å². The summed E-state index contributed by atoms with van der Waals surface area (Å²) in [5.74, 6) is 1.54. The van der Waals surface area contributed by atoms with Gasteiger partial charge in [0.05, 0.1) is 10.6 Å². The molecule has 6 heteroatoms. The maximum absolute atomic E-state index is 11.6. The van der Waals surface area contributed by atoms with Crippen molar-refractivity contribution in [3.05, 3.63) is 60.0 Å². The molecule has 0 amide bonds. The van der Waals surface area contributed by atoms with E-state index in [0.29, 0.717) is 10.8 Å². The molecule has 2 aromatic carbocycles. The highest BCUT2D eigenvalue weighted by atomic mass is 32.2. The van der Waals surface area contributed by atoms with Gasteiger partial charge in [-0.3, -0.25) is 0 Å². The van der Waals surface area contributed by atoms with Gasteiger partial charge in [0.15, 0.2) is 9.84 Å². The topological polar surface area (TPSA) is 63.4 Å².